The summed E-state index contributed by atoms with van der Waals surface area (Å²) >= 11 is 0. The van der Waals surface area contributed by atoms with E-state index in [1.807, 2.05) is 48.5 Å². The van der Waals surface area contributed by atoms with Crippen LogP contribution >= 0.6 is 0 Å². The Morgan fingerprint density at radius 2 is 1.63 bits per heavy atom. The van der Waals surface area contributed by atoms with Crippen LogP contribution in [-0.4, -0.2) is 38.3 Å². The maximum atomic E-state index is 13.0. The molecular formula is C24H23NO5. The molecule has 30 heavy (non-hydrogen) atoms. The number of para-hydroxylation sites is 1. The van der Waals surface area contributed by atoms with Gasteiger partial charge in [-0.15, -0.1) is 0 Å². The number of benzene rings is 2. The first-order valence-electron chi connectivity index (χ1n) is 9.59. The van der Waals surface area contributed by atoms with E-state index in [2.05, 4.69) is 11.6 Å². The van der Waals surface area contributed by atoms with Gasteiger partial charge in [-0.05, 0) is 41.3 Å². The molecule has 154 valence electrons. The number of ether oxygens (including phenoxy) is 3. The van der Waals surface area contributed by atoms with E-state index in [-0.39, 0.29) is 12.3 Å². The number of hydrogen-bond donors (Lipinski definition) is 1. The molecule has 3 aromatic rings. The Balaban J connectivity index is 2.01. The van der Waals surface area contributed by atoms with Gasteiger partial charge in [0.15, 0.2) is 5.41 Å². The Morgan fingerprint density at radius 3 is 2.23 bits per heavy atom. The van der Waals surface area contributed by atoms with Gasteiger partial charge in [0.2, 0.25) is 0 Å². The first-order chi connectivity index (χ1) is 14.5. The topological polar surface area (TPSA) is 77.6 Å². The summed E-state index contributed by atoms with van der Waals surface area (Å²) in [5.74, 6) is -0.889. The fourth-order valence-electron chi connectivity index (χ4n) is 4.47. The average molecular weight is 405 g/mol. The molecule has 0 fully saturated rings. The highest BCUT2D eigenvalue weighted by molar-refractivity contribution is 6.13. The lowest BCUT2D eigenvalue weighted by molar-refractivity contribution is -0.165. The first kappa shape index (κ1) is 19.8. The highest BCUT2D eigenvalue weighted by Gasteiger charge is 2.56. The van der Waals surface area contributed by atoms with Crippen molar-refractivity contribution in [3.63, 3.8) is 0 Å². The Kier molecular flexibility index (Phi) is 4.86. The van der Waals surface area contributed by atoms with E-state index in [1.54, 1.807) is 7.11 Å². The summed E-state index contributed by atoms with van der Waals surface area (Å²) in [6.07, 6.45) is 0.159. The van der Waals surface area contributed by atoms with Gasteiger partial charge in [0.1, 0.15) is 5.75 Å². The molecule has 1 aliphatic rings. The van der Waals surface area contributed by atoms with Crippen LogP contribution < -0.4 is 4.74 Å². The number of rotatable bonds is 4. The van der Waals surface area contributed by atoms with Gasteiger partial charge < -0.3 is 19.2 Å². The number of carbonyl (C=O) groups is 2. The van der Waals surface area contributed by atoms with Crippen LogP contribution in [0.5, 0.6) is 5.75 Å². The molecule has 0 bridgehead atoms. The standard InChI is InChI=1S/C24H23NO5/c1-14-21-20(17-7-5-6-8-19(17)25-21)18(15-9-11-16(28-2)12-10-15)13-24(14,22(26)29-3)23(27)30-4/h5-12,18,25H,1,13H2,2-4H3/t18-/m0/s1. The SMILES string of the molecule is C=C1c2[nH]c3ccccc3c2[C@H](c2ccc(OC)cc2)CC1(C(=O)OC)C(=O)OC. The summed E-state index contributed by atoms with van der Waals surface area (Å²) in [4.78, 5) is 29.3. The molecule has 0 saturated heterocycles. The van der Waals surface area contributed by atoms with Crippen LogP contribution in [0.15, 0.2) is 55.1 Å². The van der Waals surface area contributed by atoms with E-state index in [0.717, 1.165) is 27.8 Å². The van der Waals surface area contributed by atoms with Gasteiger partial charge in [0, 0.05) is 22.5 Å². The summed E-state index contributed by atoms with van der Waals surface area (Å²) in [5, 5.41) is 1.03. The van der Waals surface area contributed by atoms with E-state index < -0.39 is 17.4 Å². The summed E-state index contributed by atoms with van der Waals surface area (Å²) in [5.41, 5.74) is 2.25. The molecule has 1 N–H and O–H groups in total. The maximum absolute atomic E-state index is 13.0. The third-order valence-corrected chi connectivity index (χ3v) is 6.01. The second-order valence-corrected chi connectivity index (χ2v) is 7.36. The maximum Gasteiger partial charge on any atom is 0.327 e. The molecule has 4 rings (SSSR count). The molecule has 0 spiro atoms. The molecule has 0 amide bonds. The number of aromatic amines is 1. The van der Waals surface area contributed by atoms with Crippen molar-refractivity contribution in [2.24, 2.45) is 5.41 Å². The molecule has 2 aromatic carbocycles. The quantitative estimate of drug-likeness (QED) is 0.523. The van der Waals surface area contributed by atoms with Crippen molar-refractivity contribution in [2.45, 2.75) is 12.3 Å². The van der Waals surface area contributed by atoms with E-state index in [0.29, 0.717) is 11.3 Å². The second kappa shape index (κ2) is 7.37. The van der Waals surface area contributed by atoms with Gasteiger partial charge in [0.05, 0.1) is 21.3 Å². The Morgan fingerprint density at radius 1 is 1.00 bits per heavy atom. The molecule has 0 radical (unpaired) electrons. The minimum Gasteiger partial charge on any atom is -0.497 e. The molecule has 1 atom stereocenters. The van der Waals surface area contributed by atoms with Gasteiger partial charge in [0.25, 0.3) is 0 Å². The van der Waals surface area contributed by atoms with Crippen LogP contribution in [0.3, 0.4) is 0 Å². The van der Waals surface area contributed by atoms with E-state index in [9.17, 15) is 9.59 Å². The number of H-pyrrole nitrogens is 1. The van der Waals surface area contributed by atoms with Crippen molar-refractivity contribution >= 4 is 28.4 Å². The van der Waals surface area contributed by atoms with Crippen molar-refractivity contribution in [1.29, 1.82) is 0 Å². The molecule has 1 aliphatic carbocycles. The normalized spacial score (nSPS) is 17.3. The average Bonchev–Trinajstić information content (AvgIpc) is 3.19. The van der Waals surface area contributed by atoms with E-state index >= 15 is 0 Å². The van der Waals surface area contributed by atoms with Crippen LogP contribution in [-0.2, 0) is 19.1 Å². The molecule has 0 saturated carbocycles. The Labute approximate surface area is 174 Å². The molecule has 0 aliphatic heterocycles. The molecule has 6 heteroatoms. The zero-order chi connectivity index (χ0) is 21.5. The van der Waals surface area contributed by atoms with Crippen molar-refractivity contribution in [2.75, 3.05) is 21.3 Å². The minimum absolute atomic E-state index is 0.159. The van der Waals surface area contributed by atoms with Gasteiger partial charge in [-0.3, -0.25) is 9.59 Å². The van der Waals surface area contributed by atoms with Crippen LogP contribution in [0.25, 0.3) is 16.5 Å². The molecule has 0 unspecified atom stereocenters. The minimum atomic E-state index is -1.64. The van der Waals surface area contributed by atoms with Gasteiger partial charge in [-0.1, -0.05) is 36.9 Å². The lowest BCUT2D eigenvalue weighted by Gasteiger charge is -2.38. The van der Waals surface area contributed by atoms with Crippen molar-refractivity contribution in [3.8, 4) is 5.75 Å². The smallest absolute Gasteiger partial charge is 0.327 e. The molecular weight excluding hydrogens is 382 g/mol. The van der Waals surface area contributed by atoms with Crippen LogP contribution in [0.2, 0.25) is 0 Å². The van der Waals surface area contributed by atoms with Crippen LogP contribution in [0.1, 0.15) is 29.2 Å². The van der Waals surface area contributed by atoms with E-state index in [1.165, 1.54) is 14.2 Å². The number of aromatic nitrogens is 1. The summed E-state index contributed by atoms with van der Waals surface area (Å²) in [6.45, 7) is 4.15. The monoisotopic (exact) mass is 405 g/mol. The molecule has 1 heterocycles. The molecule has 6 nitrogen and oxygen atoms in total. The zero-order valence-corrected chi connectivity index (χ0v) is 17.2. The van der Waals surface area contributed by atoms with Crippen molar-refractivity contribution < 1.29 is 23.8 Å². The number of methoxy groups -OCH3 is 3. The third kappa shape index (κ3) is 2.71. The Hall–Kier alpha value is -3.54. The summed E-state index contributed by atoms with van der Waals surface area (Å²) in [7, 11) is 4.14. The number of fused-ring (bicyclic) bond motifs is 3. The number of nitrogens with one attached hydrogen (secondary N) is 1. The summed E-state index contributed by atoms with van der Waals surface area (Å²) in [6, 6.07) is 15.5. The Bertz CT molecular complexity index is 1130. The van der Waals surface area contributed by atoms with Gasteiger partial charge in [-0.2, -0.15) is 0 Å². The largest absolute Gasteiger partial charge is 0.497 e. The van der Waals surface area contributed by atoms with Crippen LogP contribution in [0.4, 0.5) is 0 Å². The van der Waals surface area contributed by atoms with Crippen molar-refractivity contribution in [3.05, 3.63) is 71.9 Å². The lowest BCUT2D eigenvalue weighted by atomic mass is 9.64. The predicted molar refractivity (Wildman–Crippen MR) is 113 cm³/mol. The van der Waals surface area contributed by atoms with Gasteiger partial charge >= 0.3 is 11.9 Å². The van der Waals surface area contributed by atoms with Crippen molar-refractivity contribution in [1.82, 2.24) is 4.98 Å². The van der Waals surface area contributed by atoms with Crippen LogP contribution in [0, 0.1) is 5.41 Å². The molecule has 1 aromatic heterocycles. The number of esters is 2. The lowest BCUT2D eigenvalue weighted by Crippen LogP contribution is -2.45. The third-order valence-electron chi connectivity index (χ3n) is 6.01. The van der Waals surface area contributed by atoms with E-state index in [4.69, 9.17) is 14.2 Å². The summed E-state index contributed by atoms with van der Waals surface area (Å²) < 4.78 is 15.4. The highest BCUT2D eigenvalue weighted by atomic mass is 16.5. The number of hydrogen-bond acceptors (Lipinski definition) is 5. The number of carbonyl (C=O) groups excluding carboxylic acids is 2. The fourth-order valence-corrected chi connectivity index (χ4v) is 4.47. The predicted octanol–water partition coefficient (Wildman–Crippen LogP) is 4.06. The van der Waals surface area contributed by atoms with Gasteiger partial charge in [-0.25, -0.2) is 0 Å². The zero-order valence-electron chi connectivity index (χ0n) is 17.2. The second-order valence-electron chi connectivity index (χ2n) is 7.36. The fraction of sp³-hybridized carbons (Fsp3) is 0.250. The highest BCUT2D eigenvalue weighted by Crippen LogP contribution is 2.54. The first-order valence-corrected chi connectivity index (χ1v) is 9.59.